The quantitative estimate of drug-likeness (QED) is 0.873. The minimum atomic E-state index is 0.874. The van der Waals surface area contributed by atoms with Crippen molar-refractivity contribution < 1.29 is 0 Å². The number of hydrogen-bond acceptors (Lipinski definition) is 2. The standard InChI is InChI=1S/C15H17BrN2/c1-3-6-12-7-4-5-8-13(12)18-15-14(16)11(2)9-10-17-15/h4-5,7-10H,3,6H2,1-2H3,(H,17,18). The lowest BCUT2D eigenvalue weighted by Crippen LogP contribution is -1.99. The van der Waals surface area contributed by atoms with E-state index in [-0.39, 0.29) is 0 Å². The molecule has 0 unspecified atom stereocenters. The van der Waals surface area contributed by atoms with E-state index in [9.17, 15) is 0 Å². The minimum Gasteiger partial charge on any atom is -0.339 e. The SMILES string of the molecule is CCCc1ccccc1Nc1nccc(C)c1Br. The number of halogens is 1. The molecule has 2 rings (SSSR count). The summed E-state index contributed by atoms with van der Waals surface area (Å²) in [5, 5.41) is 3.41. The molecule has 0 aliphatic heterocycles. The fourth-order valence-electron chi connectivity index (χ4n) is 1.88. The third-order valence-electron chi connectivity index (χ3n) is 2.87. The zero-order valence-corrected chi connectivity index (χ0v) is 12.3. The van der Waals surface area contributed by atoms with Crippen LogP contribution in [0, 0.1) is 6.92 Å². The number of aryl methyl sites for hydroxylation is 2. The molecule has 1 aromatic carbocycles. The number of nitrogens with zero attached hydrogens (tertiary/aromatic N) is 1. The third kappa shape index (κ3) is 2.91. The summed E-state index contributed by atoms with van der Waals surface area (Å²) in [6.07, 6.45) is 4.04. The van der Waals surface area contributed by atoms with Gasteiger partial charge in [-0.25, -0.2) is 4.98 Å². The summed E-state index contributed by atoms with van der Waals surface area (Å²) in [4.78, 5) is 4.38. The molecular weight excluding hydrogens is 288 g/mol. The van der Waals surface area contributed by atoms with Crippen LogP contribution in [-0.2, 0) is 6.42 Å². The maximum atomic E-state index is 4.38. The van der Waals surface area contributed by atoms with Crippen molar-refractivity contribution in [2.75, 3.05) is 5.32 Å². The van der Waals surface area contributed by atoms with E-state index in [0.717, 1.165) is 28.8 Å². The molecule has 2 nitrogen and oxygen atoms in total. The van der Waals surface area contributed by atoms with Crippen LogP contribution in [0.15, 0.2) is 41.0 Å². The van der Waals surface area contributed by atoms with Crippen LogP contribution >= 0.6 is 15.9 Å². The van der Waals surface area contributed by atoms with E-state index >= 15 is 0 Å². The summed E-state index contributed by atoms with van der Waals surface area (Å²) in [7, 11) is 0. The molecule has 1 N–H and O–H groups in total. The maximum Gasteiger partial charge on any atom is 0.144 e. The van der Waals surface area contributed by atoms with Crippen molar-refractivity contribution in [3.8, 4) is 0 Å². The third-order valence-corrected chi connectivity index (χ3v) is 3.87. The molecule has 0 spiro atoms. The van der Waals surface area contributed by atoms with Crippen molar-refractivity contribution in [2.24, 2.45) is 0 Å². The van der Waals surface area contributed by atoms with Crippen molar-refractivity contribution >= 4 is 27.4 Å². The molecule has 0 saturated carbocycles. The van der Waals surface area contributed by atoms with Crippen LogP contribution in [0.3, 0.4) is 0 Å². The molecule has 0 saturated heterocycles. The number of aromatic nitrogens is 1. The number of rotatable bonds is 4. The molecule has 2 aromatic rings. The molecular formula is C15H17BrN2. The average Bonchev–Trinajstić information content (AvgIpc) is 2.37. The summed E-state index contributed by atoms with van der Waals surface area (Å²) in [5.41, 5.74) is 3.65. The average molecular weight is 305 g/mol. The second-order valence-electron chi connectivity index (χ2n) is 4.32. The van der Waals surface area contributed by atoms with E-state index in [2.05, 4.69) is 58.3 Å². The first-order valence-electron chi connectivity index (χ1n) is 6.18. The van der Waals surface area contributed by atoms with Gasteiger partial charge in [-0.15, -0.1) is 0 Å². The molecule has 1 heterocycles. The van der Waals surface area contributed by atoms with E-state index < -0.39 is 0 Å². The van der Waals surface area contributed by atoms with Crippen molar-refractivity contribution in [3.05, 3.63) is 52.1 Å². The predicted octanol–water partition coefficient (Wildman–Crippen LogP) is 4.85. The number of hydrogen-bond donors (Lipinski definition) is 1. The lowest BCUT2D eigenvalue weighted by molar-refractivity contribution is 0.923. The van der Waals surface area contributed by atoms with Gasteiger partial charge in [-0.2, -0.15) is 0 Å². The number of anilines is 2. The van der Waals surface area contributed by atoms with Gasteiger partial charge >= 0.3 is 0 Å². The molecule has 0 amide bonds. The lowest BCUT2D eigenvalue weighted by Gasteiger charge is -2.12. The van der Waals surface area contributed by atoms with Crippen LogP contribution in [-0.4, -0.2) is 4.98 Å². The Morgan fingerprint density at radius 3 is 2.78 bits per heavy atom. The van der Waals surface area contributed by atoms with Gasteiger partial charge in [-0.3, -0.25) is 0 Å². The highest BCUT2D eigenvalue weighted by Crippen LogP contribution is 2.28. The van der Waals surface area contributed by atoms with Crippen molar-refractivity contribution in [2.45, 2.75) is 26.7 Å². The first kappa shape index (κ1) is 13.1. The molecule has 94 valence electrons. The summed E-state index contributed by atoms with van der Waals surface area (Å²) in [6.45, 7) is 4.26. The van der Waals surface area contributed by atoms with Gasteiger partial charge in [0, 0.05) is 11.9 Å². The molecule has 1 aromatic heterocycles. The Morgan fingerprint density at radius 1 is 1.22 bits per heavy atom. The highest BCUT2D eigenvalue weighted by molar-refractivity contribution is 9.10. The van der Waals surface area contributed by atoms with Crippen LogP contribution in [0.25, 0.3) is 0 Å². The topological polar surface area (TPSA) is 24.9 Å². The first-order valence-corrected chi connectivity index (χ1v) is 6.97. The summed E-state index contributed by atoms with van der Waals surface area (Å²) >= 11 is 3.58. The summed E-state index contributed by atoms with van der Waals surface area (Å²) in [6, 6.07) is 10.4. The monoisotopic (exact) mass is 304 g/mol. The fourth-order valence-corrected chi connectivity index (χ4v) is 2.22. The van der Waals surface area contributed by atoms with Gasteiger partial charge in [0.25, 0.3) is 0 Å². The number of nitrogens with one attached hydrogen (secondary N) is 1. The molecule has 0 aliphatic carbocycles. The smallest absolute Gasteiger partial charge is 0.144 e. The Kier molecular flexibility index (Phi) is 4.37. The van der Waals surface area contributed by atoms with Gasteiger partial charge < -0.3 is 5.32 Å². The Labute approximate surface area is 117 Å². The van der Waals surface area contributed by atoms with Gasteiger partial charge in [0.05, 0.1) is 4.47 Å². The van der Waals surface area contributed by atoms with E-state index in [1.165, 1.54) is 11.1 Å². The zero-order valence-electron chi connectivity index (χ0n) is 10.7. The summed E-state index contributed by atoms with van der Waals surface area (Å²) in [5.74, 6) is 0.874. The molecule has 3 heteroatoms. The first-order chi connectivity index (χ1) is 8.72. The molecule has 0 atom stereocenters. The maximum absolute atomic E-state index is 4.38. The minimum absolute atomic E-state index is 0.874. The van der Waals surface area contributed by atoms with Crippen LogP contribution in [0.2, 0.25) is 0 Å². The van der Waals surface area contributed by atoms with E-state index in [4.69, 9.17) is 0 Å². The van der Waals surface area contributed by atoms with Gasteiger partial charge in [0.15, 0.2) is 0 Å². The Hall–Kier alpha value is -1.35. The van der Waals surface area contributed by atoms with Crippen molar-refractivity contribution in [1.82, 2.24) is 4.98 Å². The predicted molar refractivity (Wildman–Crippen MR) is 80.4 cm³/mol. The van der Waals surface area contributed by atoms with Gasteiger partial charge in [0.1, 0.15) is 5.82 Å². The molecule has 0 bridgehead atoms. The van der Waals surface area contributed by atoms with E-state index in [1.54, 1.807) is 0 Å². The second-order valence-corrected chi connectivity index (χ2v) is 5.12. The van der Waals surface area contributed by atoms with Gasteiger partial charge in [0.2, 0.25) is 0 Å². The highest BCUT2D eigenvalue weighted by atomic mass is 79.9. The molecule has 0 radical (unpaired) electrons. The largest absolute Gasteiger partial charge is 0.339 e. The highest BCUT2D eigenvalue weighted by Gasteiger charge is 2.06. The van der Waals surface area contributed by atoms with Crippen molar-refractivity contribution in [1.29, 1.82) is 0 Å². The second kappa shape index (κ2) is 6.01. The van der Waals surface area contributed by atoms with E-state index in [1.807, 2.05) is 18.3 Å². The van der Waals surface area contributed by atoms with Gasteiger partial charge in [-0.05, 0) is 52.5 Å². The molecule has 0 fully saturated rings. The van der Waals surface area contributed by atoms with Crippen molar-refractivity contribution in [3.63, 3.8) is 0 Å². The fraction of sp³-hybridized carbons (Fsp3) is 0.267. The van der Waals surface area contributed by atoms with Crippen LogP contribution in [0.4, 0.5) is 11.5 Å². The Morgan fingerprint density at radius 2 is 2.00 bits per heavy atom. The normalized spacial score (nSPS) is 10.4. The summed E-state index contributed by atoms with van der Waals surface area (Å²) < 4.78 is 1.02. The Bertz CT molecular complexity index is 538. The number of benzene rings is 1. The Balaban J connectivity index is 2.31. The number of para-hydroxylation sites is 1. The lowest BCUT2D eigenvalue weighted by atomic mass is 10.1. The zero-order chi connectivity index (χ0) is 13.0. The van der Waals surface area contributed by atoms with Gasteiger partial charge in [-0.1, -0.05) is 31.5 Å². The van der Waals surface area contributed by atoms with E-state index in [0.29, 0.717) is 0 Å². The van der Waals surface area contributed by atoms with Crippen LogP contribution < -0.4 is 5.32 Å². The van der Waals surface area contributed by atoms with Crippen LogP contribution in [0.1, 0.15) is 24.5 Å². The number of pyridine rings is 1. The molecule has 18 heavy (non-hydrogen) atoms. The van der Waals surface area contributed by atoms with Crippen LogP contribution in [0.5, 0.6) is 0 Å². The molecule has 0 aliphatic rings.